The van der Waals surface area contributed by atoms with Gasteiger partial charge in [-0.25, -0.2) is 4.98 Å². The smallest absolute Gasteiger partial charge is 0.271 e. The second-order valence-electron chi connectivity index (χ2n) is 8.39. The van der Waals surface area contributed by atoms with Crippen LogP contribution in [-0.2, 0) is 11.2 Å². The summed E-state index contributed by atoms with van der Waals surface area (Å²) in [5, 5.41) is 2.91. The Kier molecular flexibility index (Phi) is 6.16. The molecule has 3 aromatic heterocycles. The summed E-state index contributed by atoms with van der Waals surface area (Å²) in [5.74, 6) is 0.527. The first kappa shape index (κ1) is 21.6. The zero-order valence-corrected chi connectivity index (χ0v) is 18.6. The van der Waals surface area contributed by atoms with Crippen LogP contribution >= 0.6 is 0 Å². The topological polar surface area (TPSA) is 91.0 Å². The predicted octanol–water partition coefficient (Wildman–Crippen LogP) is 4.05. The summed E-state index contributed by atoms with van der Waals surface area (Å²) in [7, 11) is 0. The van der Waals surface area contributed by atoms with Crippen LogP contribution in [0.25, 0.3) is 11.1 Å². The monoisotopic (exact) mass is 451 g/mol. The molecule has 0 aliphatic heterocycles. The van der Waals surface area contributed by atoms with Crippen molar-refractivity contribution in [3.8, 4) is 11.1 Å². The Labute approximate surface area is 197 Å². The molecule has 1 aliphatic carbocycles. The number of carbonyl (C=O) groups excluding carboxylic acids is 1. The summed E-state index contributed by atoms with van der Waals surface area (Å²) in [6.07, 6.45) is 9.27. The quantitative estimate of drug-likeness (QED) is 0.422. The highest BCUT2D eigenvalue weighted by Crippen LogP contribution is 2.33. The lowest BCUT2D eigenvalue weighted by Gasteiger charge is -2.32. The molecule has 7 heteroatoms. The van der Waals surface area contributed by atoms with Gasteiger partial charge < -0.3 is 15.2 Å². The van der Waals surface area contributed by atoms with Crippen molar-refractivity contribution in [2.45, 2.75) is 31.3 Å². The van der Waals surface area contributed by atoms with Crippen molar-refractivity contribution < 1.29 is 4.79 Å². The van der Waals surface area contributed by atoms with Gasteiger partial charge in [-0.15, -0.1) is 0 Å². The van der Waals surface area contributed by atoms with Gasteiger partial charge in [-0.3, -0.25) is 14.6 Å². The van der Waals surface area contributed by atoms with E-state index in [0.29, 0.717) is 6.42 Å². The maximum absolute atomic E-state index is 13.7. The molecular weight excluding hydrogens is 426 g/mol. The van der Waals surface area contributed by atoms with E-state index in [1.807, 2.05) is 60.7 Å². The third-order valence-electron chi connectivity index (χ3n) is 5.94. The number of anilines is 2. The molecule has 0 spiro atoms. The van der Waals surface area contributed by atoms with Crippen LogP contribution < -0.4 is 15.8 Å². The molecule has 1 atom stereocenters. The van der Waals surface area contributed by atoms with Crippen molar-refractivity contribution in [3.63, 3.8) is 0 Å². The number of hydrogen-bond donors (Lipinski definition) is 2. The van der Waals surface area contributed by atoms with Crippen molar-refractivity contribution in [3.05, 3.63) is 107 Å². The molecule has 2 N–H and O–H groups in total. The SMILES string of the molecule is O=C(Nc1cc(-c2ccncc2)c[nH]c1=O)[C@H](Cc1ccccc1)N(c1ccccn1)C1CC1. The van der Waals surface area contributed by atoms with Gasteiger partial charge in [-0.1, -0.05) is 36.4 Å². The molecule has 0 saturated heterocycles. The lowest BCUT2D eigenvalue weighted by Crippen LogP contribution is -2.48. The number of H-pyrrole nitrogens is 1. The van der Waals surface area contributed by atoms with E-state index in [2.05, 4.69) is 25.2 Å². The Morgan fingerprint density at radius 2 is 1.76 bits per heavy atom. The van der Waals surface area contributed by atoms with Crippen LogP contribution in [0.2, 0.25) is 0 Å². The Hall–Kier alpha value is -4.26. The van der Waals surface area contributed by atoms with Crippen LogP contribution in [0, 0.1) is 0 Å². The maximum atomic E-state index is 13.7. The van der Waals surface area contributed by atoms with Crippen LogP contribution in [0.5, 0.6) is 0 Å². The van der Waals surface area contributed by atoms with Gasteiger partial charge in [-0.2, -0.15) is 0 Å². The molecule has 1 fully saturated rings. The lowest BCUT2D eigenvalue weighted by atomic mass is 10.0. The van der Waals surface area contributed by atoms with Crippen molar-refractivity contribution in [2.24, 2.45) is 0 Å². The fraction of sp³-hybridized carbons (Fsp3) is 0.185. The van der Waals surface area contributed by atoms with Crippen molar-refractivity contribution >= 4 is 17.4 Å². The Morgan fingerprint density at radius 3 is 2.47 bits per heavy atom. The van der Waals surface area contributed by atoms with Crippen LogP contribution in [0.3, 0.4) is 0 Å². The largest absolute Gasteiger partial charge is 0.341 e. The Balaban J connectivity index is 1.48. The number of carbonyl (C=O) groups is 1. The summed E-state index contributed by atoms with van der Waals surface area (Å²) >= 11 is 0. The van der Waals surface area contributed by atoms with Gasteiger partial charge in [0.15, 0.2) is 0 Å². The molecule has 1 aliphatic rings. The molecule has 1 aromatic carbocycles. The zero-order chi connectivity index (χ0) is 23.3. The molecule has 1 saturated carbocycles. The fourth-order valence-electron chi connectivity index (χ4n) is 4.12. The predicted molar refractivity (Wildman–Crippen MR) is 133 cm³/mol. The van der Waals surface area contributed by atoms with Crippen LogP contribution in [0.15, 0.2) is 96.3 Å². The van der Waals surface area contributed by atoms with Gasteiger partial charge in [0.25, 0.3) is 5.56 Å². The van der Waals surface area contributed by atoms with Crippen molar-refractivity contribution in [2.75, 3.05) is 10.2 Å². The number of benzene rings is 1. The van der Waals surface area contributed by atoms with Crippen molar-refractivity contribution in [1.29, 1.82) is 0 Å². The van der Waals surface area contributed by atoms with E-state index in [9.17, 15) is 9.59 Å². The summed E-state index contributed by atoms with van der Waals surface area (Å²) < 4.78 is 0. The third-order valence-corrected chi connectivity index (χ3v) is 5.94. The Bertz CT molecular complexity index is 1310. The number of pyridine rings is 3. The van der Waals surface area contributed by atoms with Crippen LogP contribution in [0.4, 0.5) is 11.5 Å². The summed E-state index contributed by atoms with van der Waals surface area (Å²) in [5.41, 5.74) is 2.61. The number of rotatable bonds is 8. The summed E-state index contributed by atoms with van der Waals surface area (Å²) in [6, 6.07) is 20.8. The number of aromatic amines is 1. The van der Waals surface area contributed by atoms with Gasteiger partial charge in [-0.05, 0) is 54.3 Å². The Morgan fingerprint density at radius 1 is 1.00 bits per heavy atom. The second-order valence-corrected chi connectivity index (χ2v) is 8.39. The highest BCUT2D eigenvalue weighted by molar-refractivity contribution is 5.97. The number of hydrogen-bond acceptors (Lipinski definition) is 5. The fourth-order valence-corrected chi connectivity index (χ4v) is 4.12. The zero-order valence-electron chi connectivity index (χ0n) is 18.6. The second kappa shape index (κ2) is 9.70. The number of amides is 1. The van der Waals surface area contributed by atoms with E-state index in [1.165, 1.54) is 0 Å². The molecule has 3 heterocycles. The normalized spacial score (nSPS) is 13.8. The van der Waals surface area contributed by atoms with Crippen LogP contribution in [-0.4, -0.2) is 32.9 Å². The highest BCUT2D eigenvalue weighted by Gasteiger charge is 2.38. The first-order chi connectivity index (χ1) is 16.7. The molecule has 0 bridgehead atoms. The minimum Gasteiger partial charge on any atom is -0.341 e. The van der Waals surface area contributed by atoms with E-state index in [0.717, 1.165) is 35.3 Å². The minimum absolute atomic E-state index is 0.217. The van der Waals surface area contributed by atoms with E-state index in [-0.39, 0.29) is 23.2 Å². The first-order valence-corrected chi connectivity index (χ1v) is 11.4. The van der Waals surface area contributed by atoms with Crippen LogP contribution in [0.1, 0.15) is 18.4 Å². The highest BCUT2D eigenvalue weighted by atomic mass is 16.2. The lowest BCUT2D eigenvalue weighted by molar-refractivity contribution is -0.117. The number of aromatic nitrogens is 3. The first-order valence-electron chi connectivity index (χ1n) is 11.4. The van der Waals surface area contributed by atoms with Gasteiger partial charge in [0.2, 0.25) is 5.91 Å². The average molecular weight is 452 g/mol. The standard InChI is InChI=1S/C27H25N5O2/c33-26-23(17-21(18-30-26)20-11-14-28-15-12-20)31-27(34)24(16-19-6-2-1-3-7-19)32(22-9-10-22)25-8-4-5-13-29-25/h1-8,11-15,17-18,22,24H,9-10,16H2,(H,30,33)(H,31,34)/t24-/m0/s1. The molecule has 34 heavy (non-hydrogen) atoms. The molecule has 0 radical (unpaired) electrons. The maximum Gasteiger partial charge on any atom is 0.271 e. The summed E-state index contributed by atoms with van der Waals surface area (Å²) in [6.45, 7) is 0. The molecule has 0 unspecified atom stereocenters. The molecule has 170 valence electrons. The van der Waals surface area contributed by atoms with E-state index in [1.54, 1.807) is 30.9 Å². The van der Waals surface area contributed by atoms with Gasteiger partial charge in [0.05, 0.1) is 0 Å². The summed E-state index contributed by atoms with van der Waals surface area (Å²) in [4.78, 5) is 39.7. The molecular formula is C27H25N5O2. The van der Waals surface area contributed by atoms with E-state index < -0.39 is 6.04 Å². The van der Waals surface area contributed by atoms with Gasteiger partial charge in [0, 0.05) is 42.8 Å². The third kappa shape index (κ3) is 4.88. The number of nitrogens with one attached hydrogen (secondary N) is 2. The molecule has 1 amide bonds. The van der Waals surface area contributed by atoms with Gasteiger partial charge >= 0.3 is 0 Å². The van der Waals surface area contributed by atoms with E-state index in [4.69, 9.17) is 0 Å². The molecule has 5 rings (SSSR count). The minimum atomic E-state index is -0.520. The van der Waals surface area contributed by atoms with Crippen molar-refractivity contribution in [1.82, 2.24) is 15.0 Å². The van der Waals surface area contributed by atoms with E-state index >= 15 is 0 Å². The number of nitrogens with zero attached hydrogens (tertiary/aromatic N) is 3. The average Bonchev–Trinajstić information content (AvgIpc) is 3.72. The molecule has 4 aromatic rings. The van der Waals surface area contributed by atoms with Gasteiger partial charge in [0.1, 0.15) is 17.5 Å². The molecule has 7 nitrogen and oxygen atoms in total.